The van der Waals surface area contributed by atoms with E-state index in [2.05, 4.69) is 5.32 Å². The van der Waals surface area contributed by atoms with Crippen LogP contribution in [0.5, 0.6) is 5.75 Å². The Kier molecular flexibility index (Phi) is 5.72. The van der Waals surface area contributed by atoms with Crippen molar-refractivity contribution in [3.8, 4) is 5.75 Å². The maximum Gasteiger partial charge on any atom is 0.142 e. The number of ether oxygens (including phenoxy) is 1. The zero-order chi connectivity index (χ0) is 11.8. The molecule has 1 aromatic rings. The minimum absolute atomic E-state index is 0.281. The van der Waals surface area contributed by atoms with E-state index in [0.29, 0.717) is 6.61 Å². The van der Waals surface area contributed by atoms with E-state index < -0.39 is 0 Å². The van der Waals surface area contributed by atoms with Gasteiger partial charge in [0.2, 0.25) is 0 Å². The van der Waals surface area contributed by atoms with E-state index in [0.717, 1.165) is 30.8 Å². The molecule has 3 heteroatoms. The number of benzene rings is 1. The van der Waals surface area contributed by atoms with Crippen LogP contribution >= 0.6 is 0 Å². The summed E-state index contributed by atoms with van der Waals surface area (Å²) < 4.78 is 5.53. The van der Waals surface area contributed by atoms with Crippen molar-refractivity contribution in [1.29, 1.82) is 0 Å². The fraction of sp³-hybridized carbons (Fsp3) is 0.538. The Labute approximate surface area is 98.0 Å². The topological polar surface area (TPSA) is 47.3 Å². The third kappa shape index (κ3) is 4.53. The summed E-state index contributed by atoms with van der Waals surface area (Å²) in [4.78, 5) is 0. The Morgan fingerprint density at radius 3 is 2.81 bits per heavy atom. The van der Waals surface area contributed by atoms with Gasteiger partial charge < -0.3 is 15.8 Å². The highest BCUT2D eigenvalue weighted by Crippen LogP contribution is 2.23. The summed E-state index contributed by atoms with van der Waals surface area (Å²) >= 11 is 0. The molecule has 0 aliphatic rings. The number of hydrogen-bond donors (Lipinski definition) is 2. The Balaban J connectivity index is 2.40. The van der Waals surface area contributed by atoms with E-state index in [-0.39, 0.29) is 6.04 Å². The summed E-state index contributed by atoms with van der Waals surface area (Å²) in [6.07, 6.45) is 2.13. The largest absolute Gasteiger partial charge is 0.492 e. The molecule has 1 rings (SSSR count). The highest BCUT2D eigenvalue weighted by atomic mass is 16.5. The Morgan fingerprint density at radius 1 is 1.38 bits per heavy atom. The third-order valence-electron chi connectivity index (χ3n) is 2.34. The van der Waals surface area contributed by atoms with Gasteiger partial charge in [-0.15, -0.1) is 0 Å². The van der Waals surface area contributed by atoms with Gasteiger partial charge in [-0.3, -0.25) is 0 Å². The molecule has 0 heterocycles. The molecule has 1 aromatic carbocycles. The van der Waals surface area contributed by atoms with Gasteiger partial charge in [-0.2, -0.15) is 0 Å². The molecule has 0 aliphatic carbocycles. The quantitative estimate of drug-likeness (QED) is 0.697. The number of rotatable bonds is 7. The third-order valence-corrected chi connectivity index (χ3v) is 2.34. The second-order valence-corrected chi connectivity index (χ2v) is 3.98. The maximum atomic E-state index is 5.70. The van der Waals surface area contributed by atoms with Crippen LogP contribution in [-0.2, 0) is 0 Å². The first-order valence-corrected chi connectivity index (χ1v) is 5.95. The number of anilines is 1. The summed E-state index contributed by atoms with van der Waals surface area (Å²) in [5.41, 5.74) is 6.76. The van der Waals surface area contributed by atoms with Crippen LogP contribution in [0.1, 0.15) is 26.7 Å². The fourth-order valence-electron chi connectivity index (χ4n) is 1.54. The van der Waals surface area contributed by atoms with Crippen molar-refractivity contribution in [2.75, 3.05) is 18.5 Å². The molecule has 3 N–H and O–H groups in total. The SMILES string of the molecule is CCOc1ccccc1NCCCC(C)N. The lowest BCUT2D eigenvalue weighted by Crippen LogP contribution is -2.16. The number of nitrogens with one attached hydrogen (secondary N) is 1. The van der Waals surface area contributed by atoms with Gasteiger partial charge in [-0.1, -0.05) is 12.1 Å². The Morgan fingerprint density at radius 2 is 2.12 bits per heavy atom. The molecule has 0 aliphatic heterocycles. The predicted molar refractivity (Wildman–Crippen MR) is 69.0 cm³/mol. The van der Waals surface area contributed by atoms with Crippen LogP contribution in [0.4, 0.5) is 5.69 Å². The summed E-state index contributed by atoms with van der Waals surface area (Å²) in [5.74, 6) is 0.922. The van der Waals surface area contributed by atoms with Gasteiger partial charge in [-0.05, 0) is 38.8 Å². The zero-order valence-corrected chi connectivity index (χ0v) is 10.2. The first-order chi connectivity index (χ1) is 7.74. The van der Waals surface area contributed by atoms with Crippen molar-refractivity contribution in [3.05, 3.63) is 24.3 Å². The average molecular weight is 222 g/mol. The average Bonchev–Trinajstić information content (AvgIpc) is 2.26. The Bertz CT molecular complexity index is 300. The Hall–Kier alpha value is -1.22. The number of nitrogens with two attached hydrogens (primary N) is 1. The number of para-hydroxylation sites is 2. The smallest absolute Gasteiger partial charge is 0.142 e. The van der Waals surface area contributed by atoms with Crippen LogP contribution in [0.3, 0.4) is 0 Å². The van der Waals surface area contributed by atoms with Crippen LogP contribution in [0.2, 0.25) is 0 Å². The molecule has 0 amide bonds. The lowest BCUT2D eigenvalue weighted by Gasteiger charge is -2.12. The van der Waals surface area contributed by atoms with Crippen molar-refractivity contribution in [2.45, 2.75) is 32.7 Å². The molecule has 0 saturated carbocycles. The number of hydrogen-bond acceptors (Lipinski definition) is 3. The van der Waals surface area contributed by atoms with E-state index in [1.54, 1.807) is 0 Å². The van der Waals surface area contributed by atoms with Gasteiger partial charge in [0.25, 0.3) is 0 Å². The first-order valence-electron chi connectivity index (χ1n) is 5.95. The highest BCUT2D eigenvalue weighted by Gasteiger charge is 2.01. The molecule has 1 atom stereocenters. The van der Waals surface area contributed by atoms with Crippen LogP contribution in [0.15, 0.2) is 24.3 Å². The van der Waals surface area contributed by atoms with Crippen molar-refractivity contribution in [2.24, 2.45) is 5.73 Å². The molecule has 1 unspecified atom stereocenters. The highest BCUT2D eigenvalue weighted by molar-refractivity contribution is 5.56. The second-order valence-electron chi connectivity index (χ2n) is 3.98. The monoisotopic (exact) mass is 222 g/mol. The lowest BCUT2D eigenvalue weighted by atomic mass is 10.2. The van der Waals surface area contributed by atoms with Crippen LogP contribution in [0, 0.1) is 0 Å². The van der Waals surface area contributed by atoms with Crippen molar-refractivity contribution in [3.63, 3.8) is 0 Å². The van der Waals surface area contributed by atoms with Crippen LogP contribution < -0.4 is 15.8 Å². The molecule has 16 heavy (non-hydrogen) atoms. The van der Waals surface area contributed by atoms with Crippen LogP contribution in [0.25, 0.3) is 0 Å². The molecule has 90 valence electrons. The lowest BCUT2D eigenvalue weighted by molar-refractivity contribution is 0.341. The van der Waals surface area contributed by atoms with E-state index in [9.17, 15) is 0 Å². The van der Waals surface area contributed by atoms with Gasteiger partial charge >= 0.3 is 0 Å². The van der Waals surface area contributed by atoms with E-state index >= 15 is 0 Å². The molecule has 0 saturated heterocycles. The van der Waals surface area contributed by atoms with Gasteiger partial charge in [0.1, 0.15) is 5.75 Å². The molecule has 0 spiro atoms. The summed E-state index contributed by atoms with van der Waals surface area (Å²) in [5, 5.41) is 3.37. The summed E-state index contributed by atoms with van der Waals surface area (Å²) in [6, 6.07) is 8.30. The van der Waals surface area contributed by atoms with E-state index in [4.69, 9.17) is 10.5 Å². The molecule has 0 aromatic heterocycles. The molecule has 3 nitrogen and oxygen atoms in total. The van der Waals surface area contributed by atoms with E-state index in [1.807, 2.05) is 38.1 Å². The molecule has 0 fully saturated rings. The summed E-state index contributed by atoms with van der Waals surface area (Å²) in [7, 11) is 0. The van der Waals surface area contributed by atoms with Crippen molar-refractivity contribution < 1.29 is 4.74 Å². The van der Waals surface area contributed by atoms with Gasteiger partial charge in [0, 0.05) is 12.6 Å². The minimum Gasteiger partial charge on any atom is -0.492 e. The minimum atomic E-state index is 0.281. The van der Waals surface area contributed by atoms with Crippen molar-refractivity contribution in [1.82, 2.24) is 0 Å². The first kappa shape index (κ1) is 12.8. The molecule has 0 radical (unpaired) electrons. The normalized spacial score (nSPS) is 12.2. The maximum absolute atomic E-state index is 5.70. The van der Waals surface area contributed by atoms with Gasteiger partial charge in [-0.25, -0.2) is 0 Å². The van der Waals surface area contributed by atoms with E-state index in [1.165, 1.54) is 0 Å². The fourth-order valence-corrected chi connectivity index (χ4v) is 1.54. The van der Waals surface area contributed by atoms with Crippen LogP contribution in [-0.4, -0.2) is 19.2 Å². The van der Waals surface area contributed by atoms with Gasteiger partial charge in [0.05, 0.1) is 12.3 Å². The molecule has 0 bridgehead atoms. The molecular weight excluding hydrogens is 200 g/mol. The van der Waals surface area contributed by atoms with Crippen molar-refractivity contribution >= 4 is 5.69 Å². The second kappa shape index (κ2) is 7.12. The summed E-state index contributed by atoms with van der Waals surface area (Å²) in [6.45, 7) is 5.66. The van der Waals surface area contributed by atoms with Gasteiger partial charge in [0.15, 0.2) is 0 Å². The molecular formula is C13H22N2O. The zero-order valence-electron chi connectivity index (χ0n) is 10.2. The standard InChI is InChI=1S/C13H22N2O/c1-3-16-13-9-5-4-8-12(13)15-10-6-7-11(2)14/h4-5,8-9,11,15H,3,6-7,10,14H2,1-2H3. The predicted octanol–water partition coefficient (Wildman–Crippen LogP) is 2.62.